The van der Waals surface area contributed by atoms with Crippen molar-refractivity contribution in [3.63, 3.8) is 0 Å². The first-order valence-corrected chi connectivity index (χ1v) is 21.1. The van der Waals surface area contributed by atoms with E-state index in [0.29, 0.717) is 29.1 Å². The van der Waals surface area contributed by atoms with Crippen molar-refractivity contribution < 1.29 is 4.42 Å². The number of aromatic nitrogens is 2. The Kier molecular flexibility index (Phi) is 4.74. The number of benzene rings is 4. The van der Waals surface area contributed by atoms with Crippen molar-refractivity contribution in [1.82, 2.24) is 9.38 Å². The summed E-state index contributed by atoms with van der Waals surface area (Å²) in [6.45, 7) is 4.62. The Morgan fingerprint density at radius 2 is 1.38 bits per heavy atom. The third-order valence-corrected chi connectivity index (χ3v) is 17.5. The molecule has 53 heavy (non-hydrogen) atoms. The standard InChI is InChI=1S/C50H44N2O/c1-23-6-5-7-24(2)40(23)46-42-36-18-34-27-11-25-10-26(12-27)14-28(13-25)35(34)19-37(36)52-38-22-51-47-30-16-32-17-31-15-29(20-50(31,32)21-30)41(47)44(38)45(48(42)52)43-33-8-3-4-9-39(33)53-49(43)46/h3-9,18-19,22,25-32H,10-17,20-21H2,1-2H3. The number of pyridine rings is 1. The lowest BCUT2D eigenvalue weighted by Gasteiger charge is -2.48. The van der Waals surface area contributed by atoms with Crippen LogP contribution in [0, 0.1) is 42.9 Å². The average molecular weight is 689 g/mol. The zero-order valence-electron chi connectivity index (χ0n) is 30.8. The Morgan fingerprint density at radius 3 is 2.19 bits per heavy atom. The van der Waals surface area contributed by atoms with Gasteiger partial charge in [0, 0.05) is 49.5 Å². The van der Waals surface area contributed by atoms with Crippen LogP contribution >= 0.6 is 0 Å². The van der Waals surface area contributed by atoms with Crippen molar-refractivity contribution in [1.29, 1.82) is 0 Å². The number of rotatable bonds is 1. The third kappa shape index (κ3) is 3.07. The number of nitrogens with zero attached hydrogens (tertiary/aromatic N) is 2. The van der Waals surface area contributed by atoms with Crippen molar-refractivity contribution >= 4 is 60.0 Å². The van der Waals surface area contributed by atoms with Crippen LogP contribution < -0.4 is 0 Å². The molecule has 260 valence electrons. The van der Waals surface area contributed by atoms with Gasteiger partial charge < -0.3 is 8.82 Å². The number of para-hydroxylation sites is 1. The largest absolute Gasteiger partial charge is 0.455 e. The van der Waals surface area contributed by atoms with Gasteiger partial charge in [-0.25, -0.2) is 0 Å². The van der Waals surface area contributed by atoms with Gasteiger partial charge in [-0.05, 0) is 176 Å². The molecule has 0 aliphatic heterocycles. The summed E-state index contributed by atoms with van der Waals surface area (Å²) in [5, 5.41) is 8.39. The molecule has 1 spiro atoms. The van der Waals surface area contributed by atoms with Crippen molar-refractivity contribution in [2.45, 2.75) is 102 Å². The fourth-order valence-electron chi connectivity index (χ4n) is 15.9. The number of hydrogen-bond acceptors (Lipinski definition) is 2. The van der Waals surface area contributed by atoms with Crippen LogP contribution in [0.4, 0.5) is 0 Å². The van der Waals surface area contributed by atoms with Gasteiger partial charge in [0.05, 0.1) is 22.7 Å². The summed E-state index contributed by atoms with van der Waals surface area (Å²) in [4.78, 5) is 5.62. The highest BCUT2D eigenvalue weighted by Gasteiger charge is 2.66. The average Bonchev–Trinajstić information content (AvgIpc) is 3.89. The van der Waals surface area contributed by atoms with Crippen molar-refractivity contribution in [2.24, 2.45) is 29.1 Å². The molecule has 3 nitrogen and oxygen atoms in total. The van der Waals surface area contributed by atoms with Crippen LogP contribution in [0.2, 0.25) is 0 Å². The second-order valence-corrected chi connectivity index (χ2v) is 19.6. The first-order chi connectivity index (χ1) is 26.0. The molecule has 16 rings (SSSR count). The van der Waals surface area contributed by atoms with E-state index in [1.165, 1.54) is 141 Å². The molecule has 4 heterocycles. The predicted octanol–water partition coefficient (Wildman–Crippen LogP) is 13.2. The minimum absolute atomic E-state index is 0.596. The van der Waals surface area contributed by atoms with Gasteiger partial charge in [0.15, 0.2) is 0 Å². The van der Waals surface area contributed by atoms with Crippen LogP contribution in [0.1, 0.15) is 121 Å². The summed E-state index contributed by atoms with van der Waals surface area (Å²) in [5.41, 5.74) is 18.6. The van der Waals surface area contributed by atoms with E-state index in [9.17, 15) is 0 Å². The molecule has 4 aromatic heterocycles. The van der Waals surface area contributed by atoms with Gasteiger partial charge in [0.1, 0.15) is 11.2 Å². The molecular weight excluding hydrogens is 645 g/mol. The zero-order valence-corrected chi connectivity index (χ0v) is 30.8. The smallest absolute Gasteiger partial charge is 0.144 e. The van der Waals surface area contributed by atoms with E-state index in [0.717, 1.165) is 34.8 Å². The summed E-state index contributed by atoms with van der Waals surface area (Å²) in [7, 11) is 0. The molecule has 8 aliphatic rings. The molecule has 5 fully saturated rings. The number of fused-ring (bicyclic) bond motifs is 16. The number of aryl methyl sites for hydroxylation is 2. The van der Waals surface area contributed by atoms with Gasteiger partial charge in [0.25, 0.3) is 0 Å². The van der Waals surface area contributed by atoms with E-state index in [1.54, 1.807) is 16.7 Å². The second-order valence-electron chi connectivity index (χ2n) is 19.6. The Hall–Kier alpha value is -4.37. The van der Waals surface area contributed by atoms with Crippen molar-refractivity contribution in [2.75, 3.05) is 0 Å². The predicted molar refractivity (Wildman–Crippen MR) is 215 cm³/mol. The molecule has 8 aliphatic carbocycles. The highest BCUT2D eigenvalue weighted by molar-refractivity contribution is 6.39. The number of furan rings is 1. The van der Waals surface area contributed by atoms with E-state index in [-0.39, 0.29) is 0 Å². The SMILES string of the molecule is Cc1cccc(C)c1-c1c2oc3ccccc3c2c2c3c4c(ncc3n3c5cc6c(cc5c1c23)C1CC2CC(C1)CC6C2)C1CC2CC3CC4CC23C1. The third-order valence-electron chi connectivity index (χ3n) is 17.5. The van der Waals surface area contributed by atoms with Gasteiger partial charge in [-0.15, -0.1) is 0 Å². The molecule has 7 atom stereocenters. The Labute approximate surface area is 309 Å². The fourth-order valence-corrected chi connectivity index (χ4v) is 15.9. The van der Waals surface area contributed by atoms with Gasteiger partial charge in [-0.2, -0.15) is 0 Å². The Balaban J connectivity index is 1.20. The molecule has 0 radical (unpaired) electrons. The summed E-state index contributed by atoms with van der Waals surface area (Å²) >= 11 is 0. The lowest BCUT2D eigenvalue weighted by molar-refractivity contribution is 0.00321. The maximum Gasteiger partial charge on any atom is 0.144 e. The molecule has 0 N–H and O–H groups in total. The van der Waals surface area contributed by atoms with E-state index in [2.05, 4.69) is 79.0 Å². The normalized spacial score (nSPS) is 33.2. The Morgan fingerprint density at radius 1 is 0.642 bits per heavy atom. The lowest BCUT2D eigenvalue weighted by Crippen LogP contribution is -2.41. The van der Waals surface area contributed by atoms with Crippen LogP contribution in [-0.2, 0) is 0 Å². The first kappa shape index (κ1) is 28.1. The van der Waals surface area contributed by atoms with Crippen molar-refractivity contribution in [3.8, 4) is 11.1 Å². The maximum atomic E-state index is 7.25. The topological polar surface area (TPSA) is 30.4 Å². The summed E-state index contributed by atoms with van der Waals surface area (Å²) in [6.07, 6.45) is 16.3. The quantitative estimate of drug-likeness (QED) is 0.172. The van der Waals surface area contributed by atoms with E-state index < -0.39 is 0 Å². The van der Waals surface area contributed by atoms with Gasteiger partial charge in [-0.1, -0.05) is 36.4 Å². The minimum atomic E-state index is 0.596. The maximum absolute atomic E-state index is 7.25. The van der Waals surface area contributed by atoms with E-state index in [4.69, 9.17) is 9.40 Å². The highest BCUT2D eigenvalue weighted by atomic mass is 16.3. The van der Waals surface area contributed by atoms with Crippen LogP contribution in [0.5, 0.6) is 0 Å². The molecule has 3 heteroatoms. The Bertz CT molecular complexity index is 2980. The molecule has 8 aromatic rings. The highest BCUT2D eigenvalue weighted by Crippen LogP contribution is 2.76. The fraction of sp³-hybridized carbons (Fsp3) is 0.420. The summed E-state index contributed by atoms with van der Waals surface area (Å²) < 4.78 is 9.99. The van der Waals surface area contributed by atoms with Crippen LogP contribution in [0.25, 0.3) is 71.2 Å². The van der Waals surface area contributed by atoms with Crippen LogP contribution in [0.15, 0.2) is 65.2 Å². The minimum Gasteiger partial charge on any atom is -0.455 e. The van der Waals surface area contributed by atoms with Crippen LogP contribution in [0.3, 0.4) is 0 Å². The zero-order chi connectivity index (χ0) is 34.2. The summed E-state index contributed by atoms with van der Waals surface area (Å²) in [5.74, 6) is 6.32. The molecule has 5 saturated carbocycles. The second kappa shape index (κ2) is 8.94. The van der Waals surface area contributed by atoms with Gasteiger partial charge >= 0.3 is 0 Å². The monoisotopic (exact) mass is 688 g/mol. The van der Waals surface area contributed by atoms with Crippen molar-refractivity contribution in [3.05, 3.63) is 94.3 Å². The molecule has 7 unspecified atom stereocenters. The lowest BCUT2D eigenvalue weighted by atomic mass is 9.56. The molecule has 0 saturated heterocycles. The summed E-state index contributed by atoms with van der Waals surface area (Å²) in [6, 6.07) is 21.2. The van der Waals surface area contributed by atoms with E-state index in [1.807, 2.05) is 0 Å². The number of hydrogen-bond donors (Lipinski definition) is 0. The van der Waals surface area contributed by atoms with Gasteiger partial charge in [0.2, 0.25) is 0 Å². The molecule has 7 bridgehead atoms. The van der Waals surface area contributed by atoms with Gasteiger partial charge in [-0.3, -0.25) is 4.98 Å². The molecule has 0 amide bonds. The van der Waals surface area contributed by atoms with E-state index >= 15 is 0 Å². The first-order valence-electron chi connectivity index (χ1n) is 21.1. The molecule has 4 aromatic carbocycles. The van der Waals surface area contributed by atoms with Crippen LogP contribution in [-0.4, -0.2) is 9.38 Å². The molecular formula is C50H44N2O.